The molecule has 1 amide bonds. The van der Waals surface area contributed by atoms with Crippen molar-refractivity contribution < 1.29 is 4.79 Å². The van der Waals surface area contributed by atoms with E-state index in [4.69, 9.17) is 0 Å². The number of benzene rings is 1. The smallest absolute Gasteiger partial charge is 0.237 e. The number of aryl methyl sites for hydroxylation is 2. The molecule has 3 rings (SSSR count). The van der Waals surface area contributed by atoms with Crippen LogP contribution in [0, 0.1) is 13.8 Å². The van der Waals surface area contributed by atoms with Gasteiger partial charge in [0.25, 0.3) is 0 Å². The van der Waals surface area contributed by atoms with Crippen LogP contribution < -0.4 is 5.32 Å². The van der Waals surface area contributed by atoms with Crippen LogP contribution in [0.15, 0.2) is 36.5 Å². The topological polar surface area (TPSA) is 54.9 Å². The number of nitrogens with one attached hydrogen (secondary N) is 1. The second kappa shape index (κ2) is 5.28. The van der Waals surface area contributed by atoms with E-state index in [1.165, 1.54) is 5.56 Å². The predicted molar refractivity (Wildman–Crippen MR) is 82.1 cm³/mol. The minimum atomic E-state index is -0.418. The molecule has 1 aromatic heterocycles. The molecule has 4 heteroatoms. The number of aromatic nitrogens is 2. The molecule has 0 saturated heterocycles. The number of carbonyl (C=O) groups excluding carboxylic acids is 1. The van der Waals surface area contributed by atoms with E-state index in [0.29, 0.717) is 5.95 Å². The Hall–Kier alpha value is -2.23. The van der Waals surface area contributed by atoms with Gasteiger partial charge in [-0.25, -0.2) is 9.97 Å². The Morgan fingerprint density at radius 1 is 1.24 bits per heavy atom. The van der Waals surface area contributed by atoms with Crippen LogP contribution in [-0.4, -0.2) is 15.9 Å². The Labute approximate surface area is 124 Å². The first-order valence-corrected chi connectivity index (χ1v) is 7.28. The average Bonchev–Trinajstić information content (AvgIpc) is 2.37. The summed E-state index contributed by atoms with van der Waals surface area (Å²) in [6.07, 6.45) is 4.51. The number of rotatable bonds is 3. The standard InChI is InChI=1S/C17H19N3O/c1-12-5-3-6-14(11-12)17(8-4-9-17)15(21)20-16-18-10-7-13(2)19-16/h3,5-7,10-11H,4,8-9H2,1-2H3,(H,18,19,20,21). The number of anilines is 1. The number of hydrogen-bond donors (Lipinski definition) is 1. The van der Waals surface area contributed by atoms with E-state index in [-0.39, 0.29) is 5.91 Å². The monoisotopic (exact) mass is 281 g/mol. The second-order valence-electron chi connectivity index (χ2n) is 5.78. The van der Waals surface area contributed by atoms with Gasteiger partial charge in [-0.15, -0.1) is 0 Å². The van der Waals surface area contributed by atoms with E-state index >= 15 is 0 Å². The lowest BCUT2D eigenvalue weighted by molar-refractivity contribution is -0.124. The summed E-state index contributed by atoms with van der Waals surface area (Å²) in [6.45, 7) is 3.94. The lowest BCUT2D eigenvalue weighted by Gasteiger charge is -2.40. The normalized spacial score (nSPS) is 16.1. The fourth-order valence-corrected chi connectivity index (χ4v) is 2.85. The Balaban J connectivity index is 1.87. The highest BCUT2D eigenvalue weighted by Crippen LogP contribution is 2.44. The highest BCUT2D eigenvalue weighted by atomic mass is 16.2. The number of hydrogen-bond acceptors (Lipinski definition) is 3. The molecule has 108 valence electrons. The van der Waals surface area contributed by atoms with Crippen molar-refractivity contribution in [1.29, 1.82) is 0 Å². The van der Waals surface area contributed by atoms with E-state index < -0.39 is 5.41 Å². The summed E-state index contributed by atoms with van der Waals surface area (Å²) in [5, 5.41) is 2.88. The molecule has 1 saturated carbocycles. The summed E-state index contributed by atoms with van der Waals surface area (Å²) in [7, 11) is 0. The van der Waals surface area contributed by atoms with Crippen molar-refractivity contribution in [1.82, 2.24) is 9.97 Å². The van der Waals surface area contributed by atoms with Gasteiger partial charge in [0.05, 0.1) is 5.41 Å². The molecule has 0 radical (unpaired) electrons. The zero-order valence-corrected chi connectivity index (χ0v) is 12.4. The largest absolute Gasteiger partial charge is 0.294 e. The van der Waals surface area contributed by atoms with Crippen LogP contribution in [0.2, 0.25) is 0 Å². The van der Waals surface area contributed by atoms with Gasteiger partial charge in [-0.3, -0.25) is 10.1 Å². The molecule has 0 spiro atoms. The predicted octanol–water partition coefficient (Wildman–Crippen LogP) is 3.15. The maximum Gasteiger partial charge on any atom is 0.237 e. The van der Waals surface area contributed by atoms with E-state index in [1.54, 1.807) is 6.20 Å². The molecule has 0 unspecified atom stereocenters. The lowest BCUT2D eigenvalue weighted by atomic mass is 9.63. The van der Waals surface area contributed by atoms with Gasteiger partial charge in [-0.2, -0.15) is 0 Å². The first-order chi connectivity index (χ1) is 10.1. The molecule has 1 aliphatic rings. The minimum Gasteiger partial charge on any atom is -0.294 e. The van der Waals surface area contributed by atoms with Crippen LogP contribution in [0.5, 0.6) is 0 Å². The van der Waals surface area contributed by atoms with Crippen molar-refractivity contribution in [2.24, 2.45) is 0 Å². The van der Waals surface area contributed by atoms with Crippen molar-refractivity contribution in [3.05, 3.63) is 53.3 Å². The summed E-state index contributed by atoms with van der Waals surface area (Å²) in [5.74, 6) is 0.392. The SMILES string of the molecule is Cc1cccc(C2(C(=O)Nc3nccc(C)n3)CCC2)c1. The number of amides is 1. The summed E-state index contributed by atoms with van der Waals surface area (Å²) in [6, 6.07) is 10.0. The Bertz CT molecular complexity index is 677. The van der Waals surface area contributed by atoms with Gasteiger partial charge in [0, 0.05) is 11.9 Å². The van der Waals surface area contributed by atoms with Crippen LogP contribution in [0.1, 0.15) is 36.1 Å². The van der Waals surface area contributed by atoms with Gasteiger partial charge in [-0.1, -0.05) is 36.2 Å². The second-order valence-corrected chi connectivity index (χ2v) is 5.78. The van der Waals surface area contributed by atoms with Crippen molar-refractivity contribution in [2.75, 3.05) is 5.32 Å². The minimum absolute atomic E-state index is 0.00458. The average molecular weight is 281 g/mol. The Morgan fingerprint density at radius 3 is 2.67 bits per heavy atom. The zero-order valence-electron chi connectivity index (χ0n) is 12.4. The third kappa shape index (κ3) is 2.53. The van der Waals surface area contributed by atoms with E-state index in [1.807, 2.05) is 25.1 Å². The van der Waals surface area contributed by atoms with Gasteiger partial charge in [0.1, 0.15) is 0 Å². The van der Waals surface area contributed by atoms with Crippen molar-refractivity contribution in [3.8, 4) is 0 Å². The fourth-order valence-electron chi connectivity index (χ4n) is 2.85. The van der Waals surface area contributed by atoms with Crippen LogP contribution in [0.25, 0.3) is 0 Å². The first-order valence-electron chi connectivity index (χ1n) is 7.28. The summed E-state index contributed by atoms with van der Waals surface area (Å²) >= 11 is 0. The van der Waals surface area contributed by atoms with E-state index in [9.17, 15) is 4.79 Å². The molecule has 21 heavy (non-hydrogen) atoms. The lowest BCUT2D eigenvalue weighted by Crippen LogP contribution is -2.46. The maximum absolute atomic E-state index is 12.7. The van der Waals surface area contributed by atoms with Crippen LogP contribution in [0.3, 0.4) is 0 Å². The van der Waals surface area contributed by atoms with Gasteiger partial charge in [-0.05, 0) is 38.3 Å². The first kappa shape index (κ1) is 13.7. The van der Waals surface area contributed by atoms with E-state index in [2.05, 4.69) is 34.3 Å². The third-order valence-electron chi connectivity index (χ3n) is 4.23. The van der Waals surface area contributed by atoms with E-state index in [0.717, 1.165) is 30.5 Å². The molecule has 0 bridgehead atoms. The summed E-state index contributed by atoms with van der Waals surface area (Å²) in [4.78, 5) is 21.1. The highest BCUT2D eigenvalue weighted by molar-refractivity contribution is 5.98. The quantitative estimate of drug-likeness (QED) is 0.940. The van der Waals surface area contributed by atoms with Crippen molar-refractivity contribution >= 4 is 11.9 Å². The van der Waals surface area contributed by atoms with Gasteiger partial charge < -0.3 is 0 Å². The molecule has 0 aliphatic heterocycles. The molecular formula is C17H19N3O. The van der Waals surface area contributed by atoms with Crippen LogP contribution in [-0.2, 0) is 10.2 Å². The van der Waals surface area contributed by atoms with Gasteiger partial charge >= 0.3 is 0 Å². The molecule has 4 nitrogen and oxygen atoms in total. The molecule has 1 aromatic carbocycles. The number of carbonyl (C=O) groups is 1. The molecule has 2 aromatic rings. The van der Waals surface area contributed by atoms with Crippen molar-refractivity contribution in [2.45, 2.75) is 38.5 Å². The molecule has 0 atom stereocenters. The maximum atomic E-state index is 12.7. The highest BCUT2D eigenvalue weighted by Gasteiger charge is 2.45. The molecule has 1 heterocycles. The number of nitrogens with zero attached hydrogens (tertiary/aromatic N) is 2. The summed E-state index contributed by atoms with van der Waals surface area (Å²) < 4.78 is 0. The van der Waals surface area contributed by atoms with Crippen LogP contribution >= 0.6 is 0 Å². The van der Waals surface area contributed by atoms with Crippen molar-refractivity contribution in [3.63, 3.8) is 0 Å². The zero-order chi connectivity index (χ0) is 14.9. The van der Waals surface area contributed by atoms with Gasteiger partial charge in [0.2, 0.25) is 11.9 Å². The Kier molecular flexibility index (Phi) is 3.45. The van der Waals surface area contributed by atoms with Gasteiger partial charge in [0.15, 0.2) is 0 Å². The molecule has 1 aliphatic carbocycles. The third-order valence-corrected chi connectivity index (χ3v) is 4.23. The fraction of sp³-hybridized carbons (Fsp3) is 0.353. The van der Waals surface area contributed by atoms with Crippen LogP contribution in [0.4, 0.5) is 5.95 Å². The molecule has 1 N–H and O–H groups in total. The Morgan fingerprint density at radius 2 is 2.05 bits per heavy atom. The summed E-state index contributed by atoms with van der Waals surface area (Å²) in [5.41, 5.74) is 2.70. The molecular weight excluding hydrogens is 262 g/mol. The molecule has 1 fully saturated rings.